The highest BCUT2D eigenvalue weighted by molar-refractivity contribution is 6.39. The minimum atomic E-state index is -0.937. The van der Waals surface area contributed by atoms with E-state index in [-0.39, 0.29) is 0 Å². The van der Waals surface area contributed by atoms with Gasteiger partial charge < -0.3 is 14.8 Å². The van der Waals surface area contributed by atoms with E-state index in [0.29, 0.717) is 27.8 Å². The van der Waals surface area contributed by atoms with E-state index in [2.05, 4.69) is 15.8 Å². The lowest BCUT2D eigenvalue weighted by molar-refractivity contribution is -0.136. The Morgan fingerprint density at radius 2 is 1.84 bits per heavy atom. The minimum Gasteiger partial charge on any atom is -0.497 e. The van der Waals surface area contributed by atoms with Crippen LogP contribution in [0.1, 0.15) is 5.56 Å². The number of nitrogens with zero attached hydrogens (tertiary/aromatic N) is 1. The molecule has 2 amide bonds. The van der Waals surface area contributed by atoms with Gasteiger partial charge in [0.1, 0.15) is 11.5 Å². The third kappa shape index (κ3) is 4.95. The van der Waals surface area contributed by atoms with E-state index in [4.69, 9.17) is 21.1 Å². The smallest absolute Gasteiger partial charge is 0.329 e. The van der Waals surface area contributed by atoms with Crippen molar-refractivity contribution in [2.45, 2.75) is 0 Å². The summed E-state index contributed by atoms with van der Waals surface area (Å²) in [5.41, 5.74) is 3.05. The molecule has 0 heterocycles. The fourth-order valence-electron chi connectivity index (χ4n) is 1.88. The molecule has 0 radical (unpaired) electrons. The van der Waals surface area contributed by atoms with Crippen LogP contribution in [-0.2, 0) is 9.59 Å². The average molecular weight is 362 g/mol. The van der Waals surface area contributed by atoms with Crippen molar-refractivity contribution in [3.8, 4) is 11.5 Å². The number of anilines is 1. The molecule has 2 aromatic carbocycles. The first-order valence-electron chi connectivity index (χ1n) is 7.16. The fraction of sp³-hybridized carbons (Fsp3) is 0.118. The zero-order valence-electron chi connectivity index (χ0n) is 13.6. The number of hydrogen-bond donors (Lipinski definition) is 2. The van der Waals surface area contributed by atoms with Crippen LogP contribution >= 0.6 is 11.6 Å². The van der Waals surface area contributed by atoms with E-state index in [0.717, 1.165) is 0 Å². The van der Waals surface area contributed by atoms with E-state index >= 15 is 0 Å². The van der Waals surface area contributed by atoms with Gasteiger partial charge in [-0.3, -0.25) is 9.59 Å². The van der Waals surface area contributed by atoms with E-state index in [1.165, 1.54) is 26.5 Å². The maximum absolute atomic E-state index is 12.0. The first-order chi connectivity index (χ1) is 12.0. The number of amides is 2. The molecule has 2 N–H and O–H groups in total. The summed E-state index contributed by atoms with van der Waals surface area (Å²) in [7, 11) is 2.94. The number of methoxy groups -OCH3 is 2. The molecule has 2 aromatic rings. The molecule has 7 nitrogen and oxygen atoms in total. The van der Waals surface area contributed by atoms with Crippen molar-refractivity contribution in [1.82, 2.24) is 5.43 Å². The Bertz CT molecular complexity index is 808. The summed E-state index contributed by atoms with van der Waals surface area (Å²) >= 11 is 5.96. The normalized spacial score (nSPS) is 10.4. The van der Waals surface area contributed by atoms with Gasteiger partial charge in [-0.05, 0) is 18.2 Å². The summed E-state index contributed by atoms with van der Waals surface area (Å²) in [6.07, 6.45) is 1.35. The van der Waals surface area contributed by atoms with Gasteiger partial charge in [-0.15, -0.1) is 0 Å². The van der Waals surface area contributed by atoms with Crippen LogP contribution in [0.3, 0.4) is 0 Å². The van der Waals surface area contributed by atoms with E-state index in [1.807, 2.05) is 0 Å². The van der Waals surface area contributed by atoms with E-state index in [9.17, 15) is 9.59 Å². The molecule has 0 aliphatic rings. The number of nitrogens with one attached hydrogen (secondary N) is 2. The number of carbonyl (C=O) groups is 2. The SMILES string of the molecule is COc1ccc(OC)c(NC(=O)C(=O)NN=Cc2ccccc2Cl)c1. The van der Waals surface area contributed by atoms with Crippen LogP contribution in [0.25, 0.3) is 0 Å². The summed E-state index contributed by atoms with van der Waals surface area (Å²) < 4.78 is 10.2. The quantitative estimate of drug-likeness (QED) is 0.486. The van der Waals surface area contributed by atoms with Gasteiger partial charge in [0.05, 0.1) is 26.1 Å². The lowest BCUT2D eigenvalue weighted by Crippen LogP contribution is -2.32. The third-order valence-electron chi connectivity index (χ3n) is 3.14. The Labute approximate surface area is 149 Å². The van der Waals surface area contributed by atoms with Crippen molar-refractivity contribution in [2.24, 2.45) is 5.10 Å². The predicted octanol–water partition coefficient (Wildman–Crippen LogP) is 2.45. The molecule has 0 aromatic heterocycles. The highest BCUT2D eigenvalue weighted by Crippen LogP contribution is 2.28. The van der Waals surface area contributed by atoms with Crippen LogP contribution in [-0.4, -0.2) is 32.2 Å². The maximum Gasteiger partial charge on any atom is 0.329 e. The molecule has 0 aliphatic heterocycles. The van der Waals surface area contributed by atoms with Crippen LogP contribution in [0.2, 0.25) is 5.02 Å². The average Bonchev–Trinajstić information content (AvgIpc) is 2.63. The molecule has 130 valence electrons. The van der Waals surface area contributed by atoms with E-state index < -0.39 is 11.8 Å². The fourth-order valence-corrected chi connectivity index (χ4v) is 2.07. The Hall–Kier alpha value is -3.06. The highest BCUT2D eigenvalue weighted by atomic mass is 35.5. The number of carbonyl (C=O) groups excluding carboxylic acids is 2. The Kier molecular flexibility index (Phi) is 6.36. The second-order valence-corrected chi connectivity index (χ2v) is 5.15. The van der Waals surface area contributed by atoms with Crippen LogP contribution in [0.5, 0.6) is 11.5 Å². The Morgan fingerprint density at radius 1 is 1.08 bits per heavy atom. The third-order valence-corrected chi connectivity index (χ3v) is 3.48. The summed E-state index contributed by atoms with van der Waals surface area (Å²) in [6.45, 7) is 0. The van der Waals surface area contributed by atoms with Crippen molar-refractivity contribution in [3.63, 3.8) is 0 Å². The second-order valence-electron chi connectivity index (χ2n) is 4.74. The second kappa shape index (κ2) is 8.70. The molecule has 0 saturated carbocycles. The van der Waals surface area contributed by atoms with Gasteiger partial charge in [-0.2, -0.15) is 5.10 Å². The number of benzene rings is 2. The predicted molar refractivity (Wildman–Crippen MR) is 95.4 cm³/mol. The molecule has 2 rings (SSSR count). The summed E-state index contributed by atoms with van der Waals surface area (Å²) in [5, 5.41) is 6.63. The van der Waals surface area contributed by atoms with Crippen LogP contribution in [0.4, 0.5) is 5.69 Å². The lowest BCUT2D eigenvalue weighted by atomic mass is 10.2. The van der Waals surface area contributed by atoms with Gasteiger partial charge in [0.25, 0.3) is 0 Å². The lowest BCUT2D eigenvalue weighted by Gasteiger charge is -2.11. The van der Waals surface area contributed by atoms with Crippen molar-refractivity contribution in [2.75, 3.05) is 19.5 Å². The number of rotatable bonds is 5. The summed E-state index contributed by atoms with van der Waals surface area (Å²) in [5.74, 6) is -0.939. The largest absolute Gasteiger partial charge is 0.497 e. The Morgan fingerprint density at radius 3 is 2.52 bits per heavy atom. The zero-order valence-corrected chi connectivity index (χ0v) is 14.3. The van der Waals surface area contributed by atoms with Gasteiger partial charge in [0.2, 0.25) is 0 Å². The number of hydrogen-bond acceptors (Lipinski definition) is 5. The van der Waals surface area contributed by atoms with Crippen LogP contribution in [0.15, 0.2) is 47.6 Å². The van der Waals surface area contributed by atoms with Gasteiger partial charge in [-0.25, -0.2) is 5.43 Å². The molecular formula is C17H16ClN3O4. The molecule has 0 atom stereocenters. The van der Waals surface area contributed by atoms with E-state index in [1.54, 1.807) is 36.4 Å². The first-order valence-corrected chi connectivity index (χ1v) is 7.54. The maximum atomic E-state index is 12.0. The van der Waals surface area contributed by atoms with Gasteiger partial charge in [0, 0.05) is 16.7 Å². The van der Waals surface area contributed by atoms with Crippen LogP contribution < -0.4 is 20.2 Å². The van der Waals surface area contributed by atoms with Gasteiger partial charge in [-0.1, -0.05) is 29.8 Å². The molecule has 0 unspecified atom stereocenters. The first kappa shape index (κ1) is 18.3. The van der Waals surface area contributed by atoms with Crippen molar-refractivity contribution in [1.29, 1.82) is 0 Å². The molecule has 0 bridgehead atoms. The molecule has 0 aliphatic carbocycles. The molecule has 8 heteroatoms. The number of ether oxygens (including phenoxy) is 2. The topological polar surface area (TPSA) is 89.0 Å². The van der Waals surface area contributed by atoms with Crippen molar-refractivity contribution in [3.05, 3.63) is 53.1 Å². The number of halogens is 1. The summed E-state index contributed by atoms with van der Waals surface area (Å²) in [4.78, 5) is 23.8. The molecule has 0 fully saturated rings. The van der Waals surface area contributed by atoms with Crippen LogP contribution in [0, 0.1) is 0 Å². The monoisotopic (exact) mass is 361 g/mol. The molecule has 0 spiro atoms. The standard InChI is InChI=1S/C17H16ClN3O4/c1-24-12-7-8-15(25-2)14(9-12)20-16(22)17(23)21-19-10-11-5-3-4-6-13(11)18/h3-10H,1-2H3,(H,20,22)(H,21,23). The molecular weight excluding hydrogens is 346 g/mol. The molecule has 0 saturated heterocycles. The zero-order chi connectivity index (χ0) is 18.2. The van der Waals surface area contributed by atoms with Gasteiger partial charge >= 0.3 is 11.8 Å². The van der Waals surface area contributed by atoms with Crippen molar-refractivity contribution >= 4 is 35.3 Å². The Balaban J connectivity index is 2.01. The summed E-state index contributed by atoms with van der Waals surface area (Å²) in [6, 6.07) is 11.8. The van der Waals surface area contributed by atoms with Gasteiger partial charge in [0.15, 0.2) is 0 Å². The molecule has 25 heavy (non-hydrogen) atoms. The highest BCUT2D eigenvalue weighted by Gasteiger charge is 2.16. The number of hydrazone groups is 1. The minimum absolute atomic E-state index is 0.303. The van der Waals surface area contributed by atoms with Crippen molar-refractivity contribution < 1.29 is 19.1 Å².